The Balaban J connectivity index is 1.59. The average Bonchev–Trinajstić information content (AvgIpc) is 3.08. The molecule has 2 unspecified atom stereocenters. The van der Waals surface area contributed by atoms with E-state index in [1.807, 2.05) is 26.0 Å². The first kappa shape index (κ1) is 16.9. The molecule has 5 nitrogen and oxygen atoms in total. The third-order valence-electron chi connectivity index (χ3n) is 5.13. The summed E-state index contributed by atoms with van der Waals surface area (Å²) in [5, 5.41) is 0. The number of aromatic nitrogens is 1. The van der Waals surface area contributed by atoms with Crippen molar-refractivity contribution in [2.45, 2.75) is 58.1 Å². The zero-order chi connectivity index (χ0) is 16.5. The minimum atomic E-state index is -3.37. The van der Waals surface area contributed by atoms with Gasteiger partial charge in [-0.25, -0.2) is 13.1 Å². The molecule has 6 heteroatoms. The van der Waals surface area contributed by atoms with Crippen molar-refractivity contribution < 1.29 is 13.2 Å². The second kappa shape index (κ2) is 6.49. The Labute approximate surface area is 138 Å². The van der Waals surface area contributed by atoms with E-state index in [2.05, 4.69) is 9.71 Å². The molecule has 0 radical (unpaired) electrons. The fourth-order valence-corrected chi connectivity index (χ4v) is 5.42. The topological polar surface area (TPSA) is 68.3 Å². The molecule has 2 aliphatic rings. The first-order valence-electron chi connectivity index (χ1n) is 8.42. The number of rotatable bonds is 5. The summed E-state index contributed by atoms with van der Waals surface area (Å²) in [6, 6.07) is 3.50. The molecule has 3 rings (SSSR count). The van der Waals surface area contributed by atoms with E-state index in [1.54, 1.807) is 6.20 Å². The first-order chi connectivity index (χ1) is 10.9. The molecular weight excluding hydrogens is 312 g/mol. The lowest BCUT2D eigenvalue weighted by atomic mass is 9.84. The van der Waals surface area contributed by atoms with Crippen LogP contribution >= 0.6 is 0 Å². The molecule has 1 saturated heterocycles. The van der Waals surface area contributed by atoms with Gasteiger partial charge in [0.25, 0.3) is 0 Å². The van der Waals surface area contributed by atoms with E-state index < -0.39 is 10.0 Å². The van der Waals surface area contributed by atoms with Crippen molar-refractivity contribution in [3.63, 3.8) is 0 Å². The van der Waals surface area contributed by atoms with Crippen LogP contribution in [0.4, 0.5) is 0 Å². The zero-order valence-corrected chi connectivity index (χ0v) is 14.7. The summed E-state index contributed by atoms with van der Waals surface area (Å²) in [6.45, 7) is 4.49. The molecule has 1 N–H and O–H groups in total. The standard InChI is InChI=1S/C17H26N2O3S/c1-13-9-15(5-8-18-13)14(2)19-23(20,21)11-16-10-17(12-22-16)6-3-4-7-17/h5,8-9,14,16,19H,3-4,6-7,10-12H2,1-2H3. The molecule has 0 amide bonds. The zero-order valence-electron chi connectivity index (χ0n) is 13.9. The molecule has 1 spiro atoms. The predicted molar refractivity (Wildman–Crippen MR) is 89.6 cm³/mol. The van der Waals surface area contributed by atoms with Gasteiger partial charge < -0.3 is 4.74 Å². The van der Waals surface area contributed by atoms with Crippen LogP contribution in [0.3, 0.4) is 0 Å². The van der Waals surface area contributed by atoms with Gasteiger partial charge in [0, 0.05) is 17.9 Å². The summed E-state index contributed by atoms with van der Waals surface area (Å²) in [4.78, 5) is 4.15. The maximum absolute atomic E-state index is 12.5. The highest BCUT2D eigenvalue weighted by molar-refractivity contribution is 7.89. The summed E-state index contributed by atoms with van der Waals surface area (Å²) < 4.78 is 33.5. The van der Waals surface area contributed by atoms with Gasteiger partial charge in [-0.3, -0.25) is 4.98 Å². The summed E-state index contributed by atoms with van der Waals surface area (Å²) in [6.07, 6.45) is 7.29. The van der Waals surface area contributed by atoms with Crippen LogP contribution in [0.5, 0.6) is 0 Å². The summed E-state index contributed by atoms with van der Waals surface area (Å²) >= 11 is 0. The van der Waals surface area contributed by atoms with Gasteiger partial charge in [-0.05, 0) is 56.2 Å². The van der Waals surface area contributed by atoms with Gasteiger partial charge in [-0.1, -0.05) is 12.8 Å². The molecule has 1 aliphatic heterocycles. The first-order valence-corrected chi connectivity index (χ1v) is 10.1. The van der Waals surface area contributed by atoms with Gasteiger partial charge in [0.15, 0.2) is 0 Å². The maximum atomic E-state index is 12.5. The van der Waals surface area contributed by atoms with E-state index in [-0.39, 0.29) is 23.3 Å². The third kappa shape index (κ3) is 4.11. The quantitative estimate of drug-likeness (QED) is 0.896. The number of ether oxygens (including phenoxy) is 1. The third-order valence-corrected chi connectivity index (χ3v) is 6.66. The number of hydrogen-bond donors (Lipinski definition) is 1. The van der Waals surface area contributed by atoms with Crippen molar-refractivity contribution in [2.24, 2.45) is 5.41 Å². The monoisotopic (exact) mass is 338 g/mol. The minimum Gasteiger partial charge on any atom is -0.377 e. The van der Waals surface area contributed by atoms with Crippen molar-refractivity contribution in [2.75, 3.05) is 12.4 Å². The van der Waals surface area contributed by atoms with E-state index in [4.69, 9.17) is 4.74 Å². The van der Waals surface area contributed by atoms with Crippen molar-refractivity contribution in [3.8, 4) is 0 Å². The van der Waals surface area contributed by atoms with Gasteiger partial charge >= 0.3 is 0 Å². The van der Waals surface area contributed by atoms with Crippen LogP contribution in [-0.2, 0) is 14.8 Å². The minimum absolute atomic E-state index is 0.0587. The molecule has 1 aromatic heterocycles. The van der Waals surface area contributed by atoms with Crippen LogP contribution < -0.4 is 4.72 Å². The van der Waals surface area contributed by atoms with E-state index in [0.717, 1.165) is 24.3 Å². The highest BCUT2D eigenvalue weighted by atomic mass is 32.2. The van der Waals surface area contributed by atoms with E-state index in [1.165, 1.54) is 25.7 Å². The molecule has 23 heavy (non-hydrogen) atoms. The van der Waals surface area contributed by atoms with Crippen molar-refractivity contribution >= 4 is 10.0 Å². The normalized spacial score (nSPS) is 25.0. The van der Waals surface area contributed by atoms with Gasteiger partial charge in [-0.15, -0.1) is 0 Å². The SMILES string of the molecule is Cc1cc(C(C)NS(=O)(=O)CC2CC3(CCCC3)CO2)ccn1. The fourth-order valence-electron chi connectivity index (χ4n) is 3.94. The highest BCUT2D eigenvalue weighted by Crippen LogP contribution is 2.46. The number of nitrogens with one attached hydrogen (secondary N) is 1. The molecular formula is C17H26N2O3S. The molecule has 0 aromatic carbocycles. The summed E-state index contributed by atoms with van der Waals surface area (Å²) in [5.74, 6) is 0.0587. The fraction of sp³-hybridized carbons (Fsp3) is 0.706. The lowest BCUT2D eigenvalue weighted by Gasteiger charge is -2.20. The van der Waals surface area contributed by atoms with Crippen LogP contribution in [0.15, 0.2) is 18.3 Å². The summed E-state index contributed by atoms with van der Waals surface area (Å²) in [5.41, 5.74) is 2.07. The molecule has 2 atom stereocenters. The smallest absolute Gasteiger partial charge is 0.214 e. The molecule has 1 aliphatic carbocycles. The number of nitrogens with zero attached hydrogens (tertiary/aromatic N) is 1. The molecule has 128 valence electrons. The number of hydrogen-bond acceptors (Lipinski definition) is 4. The Morgan fingerprint density at radius 3 is 2.87 bits per heavy atom. The molecule has 2 heterocycles. The Hall–Kier alpha value is -0.980. The van der Waals surface area contributed by atoms with E-state index in [9.17, 15) is 8.42 Å². The number of sulfonamides is 1. The maximum Gasteiger partial charge on any atom is 0.214 e. The van der Waals surface area contributed by atoms with Crippen molar-refractivity contribution in [1.82, 2.24) is 9.71 Å². The van der Waals surface area contributed by atoms with Gasteiger partial charge in [-0.2, -0.15) is 0 Å². The lowest BCUT2D eigenvalue weighted by molar-refractivity contribution is 0.108. The molecule has 0 bridgehead atoms. The predicted octanol–water partition coefficient (Wildman–Crippen LogP) is 2.72. The van der Waals surface area contributed by atoms with Crippen LogP contribution in [0, 0.1) is 12.3 Å². The molecule has 1 saturated carbocycles. The van der Waals surface area contributed by atoms with Gasteiger partial charge in [0.1, 0.15) is 0 Å². The largest absolute Gasteiger partial charge is 0.377 e. The van der Waals surface area contributed by atoms with Crippen LogP contribution in [0.2, 0.25) is 0 Å². The Morgan fingerprint density at radius 2 is 2.17 bits per heavy atom. The highest BCUT2D eigenvalue weighted by Gasteiger charge is 2.43. The lowest BCUT2D eigenvalue weighted by Crippen LogP contribution is -2.34. The van der Waals surface area contributed by atoms with Crippen molar-refractivity contribution in [1.29, 1.82) is 0 Å². The van der Waals surface area contributed by atoms with Gasteiger partial charge in [0.2, 0.25) is 10.0 Å². The Bertz CT molecular complexity index is 654. The second-order valence-electron chi connectivity index (χ2n) is 7.20. The Kier molecular flexibility index (Phi) is 4.76. The van der Waals surface area contributed by atoms with Crippen LogP contribution in [0.1, 0.15) is 56.3 Å². The van der Waals surface area contributed by atoms with E-state index >= 15 is 0 Å². The van der Waals surface area contributed by atoms with Crippen LogP contribution in [0.25, 0.3) is 0 Å². The van der Waals surface area contributed by atoms with Gasteiger partial charge in [0.05, 0.1) is 18.5 Å². The Morgan fingerprint density at radius 1 is 1.43 bits per heavy atom. The summed E-state index contributed by atoms with van der Waals surface area (Å²) in [7, 11) is -3.37. The second-order valence-corrected chi connectivity index (χ2v) is 8.99. The number of aryl methyl sites for hydroxylation is 1. The molecule has 2 fully saturated rings. The number of pyridine rings is 1. The van der Waals surface area contributed by atoms with Crippen LogP contribution in [-0.4, -0.2) is 31.9 Å². The van der Waals surface area contributed by atoms with Crippen molar-refractivity contribution in [3.05, 3.63) is 29.6 Å². The average molecular weight is 338 g/mol. The molecule has 1 aromatic rings. The van der Waals surface area contributed by atoms with E-state index in [0.29, 0.717) is 0 Å².